The highest BCUT2D eigenvalue weighted by Crippen LogP contribution is 2.34. The lowest BCUT2D eigenvalue weighted by molar-refractivity contribution is 0.262. The number of amides is 2. The molecule has 10 heteroatoms. The Labute approximate surface area is 200 Å². The average molecular weight is 480 g/mol. The topological polar surface area (TPSA) is 122 Å². The Kier molecular flexibility index (Phi) is 6.21. The van der Waals surface area contributed by atoms with E-state index in [1.807, 2.05) is 26.8 Å². The minimum atomic E-state index is -0.564. The molecule has 0 aliphatic carbocycles. The molecule has 2 heterocycles. The Morgan fingerprint density at radius 2 is 1.88 bits per heavy atom. The molecule has 4 aromatic rings. The van der Waals surface area contributed by atoms with Gasteiger partial charge in [0.2, 0.25) is 5.95 Å². The van der Waals surface area contributed by atoms with Crippen LogP contribution in [0.15, 0.2) is 54.7 Å². The molecule has 2 aromatic heterocycles. The number of carbonyl (C=O) groups is 1. The van der Waals surface area contributed by atoms with Crippen LogP contribution >= 0.6 is 11.6 Å². The molecular formula is C24H23ClFN7O. The lowest BCUT2D eigenvalue weighted by atomic mass is 9.96. The molecule has 0 aliphatic heterocycles. The summed E-state index contributed by atoms with van der Waals surface area (Å²) in [4.78, 5) is 29.0. The second-order valence-electron chi connectivity index (χ2n) is 8.64. The molecule has 0 saturated heterocycles. The Morgan fingerprint density at radius 1 is 1.09 bits per heavy atom. The molecule has 2 amide bonds. The van der Waals surface area contributed by atoms with Crippen molar-refractivity contribution < 1.29 is 9.18 Å². The second-order valence-corrected chi connectivity index (χ2v) is 9.05. The molecule has 34 heavy (non-hydrogen) atoms. The molecular weight excluding hydrogens is 457 g/mol. The molecule has 174 valence electrons. The number of nitrogens with one attached hydrogen (secondary N) is 3. The first kappa shape index (κ1) is 23.2. The van der Waals surface area contributed by atoms with Gasteiger partial charge in [0.15, 0.2) is 0 Å². The molecule has 0 radical (unpaired) electrons. The first-order valence-corrected chi connectivity index (χ1v) is 10.8. The molecule has 0 unspecified atom stereocenters. The lowest BCUT2D eigenvalue weighted by Crippen LogP contribution is -2.19. The van der Waals surface area contributed by atoms with Crippen LogP contribution in [0.25, 0.3) is 22.6 Å². The third-order valence-corrected chi connectivity index (χ3v) is 5.24. The summed E-state index contributed by atoms with van der Waals surface area (Å²) in [6.07, 6.45) is 1.58. The van der Waals surface area contributed by atoms with E-state index in [1.165, 1.54) is 12.1 Å². The maximum absolute atomic E-state index is 13.5. The number of nitrogens with two attached hydrogens (primary N) is 1. The van der Waals surface area contributed by atoms with Gasteiger partial charge in [-0.25, -0.2) is 24.1 Å². The Morgan fingerprint density at radius 3 is 2.62 bits per heavy atom. The van der Waals surface area contributed by atoms with E-state index in [1.54, 1.807) is 30.5 Å². The quantitative estimate of drug-likeness (QED) is 0.292. The maximum atomic E-state index is 13.5. The van der Waals surface area contributed by atoms with Gasteiger partial charge in [-0.2, -0.15) is 0 Å². The number of hydrogen-bond acceptors (Lipinski definition) is 5. The molecule has 5 N–H and O–H groups in total. The lowest BCUT2D eigenvalue weighted by Gasteiger charge is -2.14. The zero-order chi connectivity index (χ0) is 24.5. The van der Waals surface area contributed by atoms with Crippen LogP contribution in [0.4, 0.5) is 26.5 Å². The fourth-order valence-corrected chi connectivity index (χ4v) is 3.42. The van der Waals surface area contributed by atoms with E-state index in [2.05, 4.69) is 25.6 Å². The highest BCUT2D eigenvalue weighted by molar-refractivity contribution is 6.33. The smallest absolute Gasteiger partial charge is 0.323 e. The Hall–Kier alpha value is -3.98. The van der Waals surface area contributed by atoms with Gasteiger partial charge in [-0.15, -0.1) is 0 Å². The van der Waals surface area contributed by atoms with E-state index in [-0.39, 0.29) is 22.1 Å². The number of nitrogens with zero attached hydrogens (tertiary/aromatic N) is 3. The summed E-state index contributed by atoms with van der Waals surface area (Å²) in [6, 6.07) is 12.1. The largest absolute Gasteiger partial charge is 0.368 e. The van der Waals surface area contributed by atoms with Gasteiger partial charge in [0.1, 0.15) is 11.6 Å². The fraction of sp³-hybridized carbons (Fsp3) is 0.167. The molecule has 0 bridgehead atoms. The number of nitrogen functional groups attached to an aromatic ring is 1. The number of urea groups is 1. The molecule has 8 nitrogen and oxygen atoms in total. The van der Waals surface area contributed by atoms with E-state index in [0.29, 0.717) is 22.8 Å². The number of H-pyrrole nitrogens is 1. The van der Waals surface area contributed by atoms with Crippen LogP contribution in [-0.4, -0.2) is 26.0 Å². The summed E-state index contributed by atoms with van der Waals surface area (Å²) >= 11 is 6.03. The van der Waals surface area contributed by atoms with Crippen molar-refractivity contribution in [1.82, 2.24) is 19.9 Å². The van der Waals surface area contributed by atoms with Gasteiger partial charge >= 0.3 is 6.03 Å². The van der Waals surface area contributed by atoms with E-state index in [4.69, 9.17) is 22.3 Å². The van der Waals surface area contributed by atoms with Crippen molar-refractivity contribution in [3.05, 3.63) is 71.4 Å². The number of aromatic amines is 1. The normalized spacial score (nSPS) is 11.3. The van der Waals surface area contributed by atoms with Crippen LogP contribution in [0.3, 0.4) is 0 Å². The highest BCUT2D eigenvalue weighted by Gasteiger charge is 2.23. The molecule has 4 rings (SSSR count). The van der Waals surface area contributed by atoms with Crippen LogP contribution in [0.5, 0.6) is 0 Å². The van der Waals surface area contributed by atoms with Crippen LogP contribution < -0.4 is 16.4 Å². The summed E-state index contributed by atoms with van der Waals surface area (Å²) < 4.78 is 13.5. The molecule has 0 spiro atoms. The zero-order valence-electron chi connectivity index (χ0n) is 18.8. The number of halogens is 2. The summed E-state index contributed by atoms with van der Waals surface area (Å²) in [7, 11) is 0. The predicted molar refractivity (Wildman–Crippen MR) is 132 cm³/mol. The molecule has 0 saturated carbocycles. The van der Waals surface area contributed by atoms with Gasteiger partial charge in [0, 0.05) is 22.9 Å². The standard InChI is InChI=1S/C24H23ClFN7O/c1-24(2,3)21-32-19(20(33-21)17-9-10-28-22(27)30-17)13-5-4-6-15(11-13)29-23(34)31-18-12-14(26)7-8-16(18)25/h4-12H,1-3H3,(H,32,33)(H2,27,28,30)(H2,29,31,34). The first-order chi connectivity index (χ1) is 16.1. The first-order valence-electron chi connectivity index (χ1n) is 10.4. The number of hydrogen-bond donors (Lipinski definition) is 4. The predicted octanol–water partition coefficient (Wildman–Crippen LogP) is 5.85. The second kappa shape index (κ2) is 9.11. The summed E-state index contributed by atoms with van der Waals surface area (Å²) in [5, 5.41) is 5.52. The van der Waals surface area contributed by atoms with E-state index in [0.717, 1.165) is 17.5 Å². The van der Waals surface area contributed by atoms with Gasteiger partial charge in [-0.1, -0.05) is 44.5 Å². The van der Waals surface area contributed by atoms with Crippen molar-refractivity contribution in [3.8, 4) is 22.6 Å². The van der Waals surface area contributed by atoms with Gasteiger partial charge < -0.3 is 21.4 Å². The highest BCUT2D eigenvalue weighted by atomic mass is 35.5. The molecule has 0 fully saturated rings. The summed E-state index contributed by atoms with van der Waals surface area (Å²) in [6.45, 7) is 6.15. The average Bonchev–Trinajstić information content (AvgIpc) is 3.23. The SMILES string of the molecule is CC(C)(C)c1nc(-c2cccc(NC(=O)Nc3cc(F)ccc3Cl)c2)c(-c2ccnc(N)n2)[nH]1. The number of anilines is 3. The number of carbonyl (C=O) groups excluding carboxylic acids is 1. The van der Waals surface area contributed by atoms with Gasteiger partial charge in [-0.3, -0.25) is 0 Å². The Balaban J connectivity index is 1.66. The van der Waals surface area contributed by atoms with Gasteiger partial charge in [-0.05, 0) is 36.4 Å². The Bertz CT molecular complexity index is 1360. The van der Waals surface area contributed by atoms with Crippen LogP contribution in [0.1, 0.15) is 26.6 Å². The molecule has 2 aromatic carbocycles. The van der Waals surface area contributed by atoms with Gasteiger partial charge in [0.25, 0.3) is 0 Å². The maximum Gasteiger partial charge on any atom is 0.323 e. The minimum Gasteiger partial charge on any atom is -0.368 e. The van der Waals surface area contributed by atoms with E-state index >= 15 is 0 Å². The molecule has 0 aliphatic rings. The number of imidazole rings is 1. The van der Waals surface area contributed by atoms with Gasteiger partial charge in [0.05, 0.1) is 27.8 Å². The van der Waals surface area contributed by atoms with Crippen molar-refractivity contribution in [2.45, 2.75) is 26.2 Å². The van der Waals surface area contributed by atoms with Crippen molar-refractivity contribution in [1.29, 1.82) is 0 Å². The van der Waals surface area contributed by atoms with Crippen LogP contribution in [-0.2, 0) is 5.41 Å². The van der Waals surface area contributed by atoms with Crippen molar-refractivity contribution in [2.24, 2.45) is 0 Å². The summed E-state index contributed by atoms with van der Waals surface area (Å²) in [5.74, 6) is 0.415. The number of benzene rings is 2. The third-order valence-electron chi connectivity index (χ3n) is 4.92. The zero-order valence-corrected chi connectivity index (χ0v) is 19.5. The van der Waals surface area contributed by atoms with E-state index < -0.39 is 11.8 Å². The van der Waals surface area contributed by atoms with Crippen LogP contribution in [0, 0.1) is 5.82 Å². The minimum absolute atomic E-state index is 0.151. The molecule has 0 atom stereocenters. The number of aromatic nitrogens is 4. The van der Waals surface area contributed by atoms with Crippen molar-refractivity contribution in [2.75, 3.05) is 16.4 Å². The van der Waals surface area contributed by atoms with Crippen molar-refractivity contribution in [3.63, 3.8) is 0 Å². The summed E-state index contributed by atoms with van der Waals surface area (Å²) in [5.41, 5.74) is 8.92. The van der Waals surface area contributed by atoms with E-state index in [9.17, 15) is 9.18 Å². The van der Waals surface area contributed by atoms with Crippen molar-refractivity contribution >= 4 is 35.0 Å². The fourth-order valence-electron chi connectivity index (χ4n) is 3.26. The van der Waals surface area contributed by atoms with Crippen LogP contribution in [0.2, 0.25) is 5.02 Å². The monoisotopic (exact) mass is 479 g/mol. The number of rotatable bonds is 4. The third kappa shape index (κ3) is 5.15.